The second-order valence-corrected chi connectivity index (χ2v) is 8.70. The van der Waals surface area contributed by atoms with Crippen molar-refractivity contribution in [2.24, 2.45) is 0 Å². The molecule has 3 aromatic rings. The van der Waals surface area contributed by atoms with Gasteiger partial charge in [-0.3, -0.25) is 9.52 Å². The minimum Gasteiger partial charge on any atom is -0.481 e. The molecule has 156 valence electrons. The molecule has 0 heterocycles. The lowest BCUT2D eigenvalue weighted by atomic mass is 10.1. The molecule has 2 N–H and O–H groups in total. The summed E-state index contributed by atoms with van der Waals surface area (Å²) in [7, 11) is -3.71. The molecule has 7 heteroatoms. The molecule has 0 aliphatic rings. The molecule has 6 nitrogen and oxygen atoms in total. The van der Waals surface area contributed by atoms with Crippen molar-refractivity contribution in [3.05, 3.63) is 83.9 Å². The highest BCUT2D eigenvalue weighted by Crippen LogP contribution is 2.22. The highest BCUT2D eigenvalue weighted by Gasteiger charge is 2.17. The van der Waals surface area contributed by atoms with Crippen molar-refractivity contribution in [2.75, 3.05) is 10.0 Å². The fraction of sp³-hybridized carbons (Fsp3) is 0.174. The van der Waals surface area contributed by atoms with Crippen LogP contribution in [0.25, 0.3) is 0 Å². The van der Waals surface area contributed by atoms with Gasteiger partial charge in [0, 0.05) is 11.4 Å². The van der Waals surface area contributed by atoms with Crippen LogP contribution in [0.4, 0.5) is 11.4 Å². The predicted octanol–water partition coefficient (Wildman–Crippen LogP) is 4.51. The van der Waals surface area contributed by atoms with Crippen molar-refractivity contribution >= 4 is 27.3 Å². The van der Waals surface area contributed by atoms with Crippen LogP contribution in [0.3, 0.4) is 0 Å². The SMILES string of the molecule is Cc1ccc(C)c(O[C@@H](C)C(=O)Nc2ccc(S(=O)(=O)Nc3ccccc3)cc2)c1. The van der Waals surface area contributed by atoms with Gasteiger partial charge in [0.25, 0.3) is 15.9 Å². The minimum atomic E-state index is -3.71. The molecule has 1 atom stereocenters. The maximum Gasteiger partial charge on any atom is 0.265 e. The van der Waals surface area contributed by atoms with Gasteiger partial charge in [-0.05, 0) is 74.4 Å². The van der Waals surface area contributed by atoms with Crippen molar-refractivity contribution in [3.8, 4) is 5.75 Å². The summed E-state index contributed by atoms with van der Waals surface area (Å²) in [6.07, 6.45) is -0.714. The van der Waals surface area contributed by atoms with Crippen LogP contribution in [0.5, 0.6) is 5.75 Å². The molecule has 0 unspecified atom stereocenters. The average Bonchev–Trinajstić information content (AvgIpc) is 2.71. The van der Waals surface area contributed by atoms with Crippen molar-refractivity contribution in [2.45, 2.75) is 31.8 Å². The number of aryl methyl sites for hydroxylation is 2. The number of sulfonamides is 1. The molecule has 3 aromatic carbocycles. The van der Waals surface area contributed by atoms with Gasteiger partial charge in [0.1, 0.15) is 5.75 Å². The molecule has 0 aliphatic carbocycles. The molecule has 3 rings (SSSR count). The first-order valence-electron chi connectivity index (χ1n) is 9.47. The van der Waals surface area contributed by atoms with Gasteiger partial charge in [-0.1, -0.05) is 30.3 Å². The number of amides is 1. The Morgan fingerprint density at radius 3 is 2.23 bits per heavy atom. The summed E-state index contributed by atoms with van der Waals surface area (Å²) in [5.74, 6) is 0.333. The number of carbonyl (C=O) groups excluding carboxylic acids is 1. The third-order valence-electron chi connectivity index (χ3n) is 4.47. The Balaban J connectivity index is 1.64. The van der Waals surface area contributed by atoms with Crippen LogP contribution in [-0.4, -0.2) is 20.4 Å². The summed E-state index contributed by atoms with van der Waals surface area (Å²) in [6.45, 7) is 5.54. The van der Waals surface area contributed by atoms with Crippen molar-refractivity contribution in [1.29, 1.82) is 0 Å². The van der Waals surface area contributed by atoms with Gasteiger partial charge >= 0.3 is 0 Å². The summed E-state index contributed by atoms with van der Waals surface area (Å²) < 4.78 is 33.3. The van der Waals surface area contributed by atoms with Gasteiger partial charge < -0.3 is 10.1 Å². The highest BCUT2D eigenvalue weighted by atomic mass is 32.2. The maximum atomic E-state index is 12.5. The lowest BCUT2D eigenvalue weighted by Gasteiger charge is -2.17. The molecule has 0 aliphatic heterocycles. The fourth-order valence-electron chi connectivity index (χ4n) is 2.76. The second-order valence-electron chi connectivity index (χ2n) is 7.01. The lowest BCUT2D eigenvalue weighted by Crippen LogP contribution is -2.30. The van der Waals surface area contributed by atoms with E-state index in [1.54, 1.807) is 49.4 Å². The van der Waals surface area contributed by atoms with Crippen LogP contribution >= 0.6 is 0 Å². The average molecular weight is 425 g/mol. The van der Waals surface area contributed by atoms with E-state index in [1.807, 2.05) is 32.0 Å². The molecular weight excluding hydrogens is 400 g/mol. The van der Waals surface area contributed by atoms with E-state index in [-0.39, 0.29) is 10.8 Å². The van der Waals surface area contributed by atoms with E-state index >= 15 is 0 Å². The number of anilines is 2. The quantitative estimate of drug-likeness (QED) is 0.584. The summed E-state index contributed by atoms with van der Waals surface area (Å²) in [5, 5.41) is 2.75. The van der Waals surface area contributed by atoms with Crippen LogP contribution in [0.1, 0.15) is 18.1 Å². The number of nitrogens with one attached hydrogen (secondary N) is 2. The Kier molecular flexibility index (Phi) is 6.42. The van der Waals surface area contributed by atoms with E-state index in [0.29, 0.717) is 17.1 Å². The van der Waals surface area contributed by atoms with E-state index < -0.39 is 16.1 Å². The van der Waals surface area contributed by atoms with E-state index in [9.17, 15) is 13.2 Å². The first-order valence-corrected chi connectivity index (χ1v) is 11.0. The zero-order valence-electron chi connectivity index (χ0n) is 17.0. The summed E-state index contributed by atoms with van der Waals surface area (Å²) in [5.41, 5.74) is 2.95. The third kappa shape index (κ3) is 5.39. The number of hydrogen-bond donors (Lipinski definition) is 2. The zero-order chi connectivity index (χ0) is 21.7. The van der Waals surface area contributed by atoms with Crippen LogP contribution in [0.2, 0.25) is 0 Å². The third-order valence-corrected chi connectivity index (χ3v) is 5.87. The number of carbonyl (C=O) groups is 1. The number of hydrogen-bond acceptors (Lipinski definition) is 4. The van der Waals surface area contributed by atoms with Gasteiger partial charge in [-0.15, -0.1) is 0 Å². The summed E-state index contributed by atoms with van der Waals surface area (Å²) in [4.78, 5) is 12.6. The van der Waals surface area contributed by atoms with E-state index in [4.69, 9.17) is 4.74 Å². The normalized spacial score (nSPS) is 12.1. The van der Waals surface area contributed by atoms with Crippen LogP contribution in [-0.2, 0) is 14.8 Å². The van der Waals surface area contributed by atoms with Crippen molar-refractivity contribution in [1.82, 2.24) is 0 Å². The van der Waals surface area contributed by atoms with Gasteiger partial charge in [0.2, 0.25) is 0 Å². The standard InChI is InChI=1S/C23H24N2O4S/c1-16-9-10-17(2)22(15-16)29-18(3)23(26)24-19-11-13-21(14-12-19)30(27,28)25-20-7-5-4-6-8-20/h4-15,18,25H,1-3H3,(H,24,26)/t18-/m0/s1. The largest absolute Gasteiger partial charge is 0.481 e. The first-order chi connectivity index (χ1) is 14.2. The molecule has 0 saturated heterocycles. The van der Waals surface area contributed by atoms with E-state index in [0.717, 1.165) is 11.1 Å². The Hall–Kier alpha value is -3.32. The smallest absolute Gasteiger partial charge is 0.265 e. The highest BCUT2D eigenvalue weighted by molar-refractivity contribution is 7.92. The molecule has 0 radical (unpaired) electrons. The van der Waals surface area contributed by atoms with Crippen LogP contribution in [0.15, 0.2) is 77.7 Å². The van der Waals surface area contributed by atoms with E-state index in [2.05, 4.69) is 10.0 Å². The number of para-hydroxylation sites is 1. The van der Waals surface area contributed by atoms with E-state index in [1.165, 1.54) is 12.1 Å². The van der Waals surface area contributed by atoms with Gasteiger partial charge in [0.15, 0.2) is 6.10 Å². The summed E-state index contributed by atoms with van der Waals surface area (Å²) >= 11 is 0. The molecule has 30 heavy (non-hydrogen) atoms. The maximum absolute atomic E-state index is 12.5. The monoisotopic (exact) mass is 424 g/mol. The second kappa shape index (κ2) is 9.00. The van der Waals surface area contributed by atoms with Gasteiger partial charge in [-0.25, -0.2) is 8.42 Å². The molecule has 0 bridgehead atoms. The Bertz CT molecular complexity index is 1130. The number of ether oxygens (including phenoxy) is 1. The zero-order valence-corrected chi connectivity index (χ0v) is 17.9. The predicted molar refractivity (Wildman–Crippen MR) is 118 cm³/mol. The first kappa shape index (κ1) is 21.4. The van der Waals surface area contributed by atoms with Crippen LogP contribution in [0, 0.1) is 13.8 Å². The molecule has 0 spiro atoms. The Labute approximate surface area is 177 Å². The van der Waals surface area contributed by atoms with Crippen molar-refractivity contribution in [3.63, 3.8) is 0 Å². The van der Waals surface area contributed by atoms with Crippen molar-refractivity contribution < 1.29 is 17.9 Å². The minimum absolute atomic E-state index is 0.101. The molecule has 0 fully saturated rings. The molecule has 1 amide bonds. The molecule has 0 aromatic heterocycles. The Morgan fingerprint density at radius 2 is 1.57 bits per heavy atom. The lowest BCUT2D eigenvalue weighted by molar-refractivity contribution is -0.122. The molecule has 0 saturated carbocycles. The van der Waals surface area contributed by atoms with Crippen LogP contribution < -0.4 is 14.8 Å². The van der Waals surface area contributed by atoms with Gasteiger partial charge in [0.05, 0.1) is 4.90 Å². The topological polar surface area (TPSA) is 84.5 Å². The van der Waals surface area contributed by atoms with Gasteiger partial charge in [-0.2, -0.15) is 0 Å². The fourth-order valence-corrected chi connectivity index (χ4v) is 3.82. The molecular formula is C23H24N2O4S. The number of benzene rings is 3. The summed E-state index contributed by atoms with van der Waals surface area (Å²) in [6, 6.07) is 20.4. The number of rotatable bonds is 7. The Morgan fingerprint density at radius 1 is 0.900 bits per heavy atom.